The van der Waals surface area contributed by atoms with Gasteiger partial charge in [-0.2, -0.15) is 0 Å². The number of carbonyl (C=O) groups excluding carboxylic acids is 1. The van der Waals surface area contributed by atoms with Crippen LogP contribution in [0, 0.1) is 10.1 Å². The average molecular weight is 254 g/mol. The molecule has 0 amide bonds. The van der Waals surface area contributed by atoms with E-state index in [0.717, 1.165) is 12.1 Å². The molecule has 0 spiro atoms. The second kappa shape index (κ2) is 5.97. The molecule has 0 N–H and O–H groups in total. The molecule has 0 aliphatic heterocycles. The van der Waals surface area contributed by atoms with Crippen molar-refractivity contribution in [3.8, 4) is 5.75 Å². The molecule has 0 bridgehead atoms. The number of nitro benzene ring substituents is 1. The van der Waals surface area contributed by atoms with Crippen molar-refractivity contribution < 1.29 is 24.3 Å². The van der Waals surface area contributed by atoms with Crippen LogP contribution >= 0.6 is 0 Å². The van der Waals surface area contributed by atoms with Gasteiger partial charge in [0.15, 0.2) is 6.29 Å². The molecule has 18 heavy (non-hydrogen) atoms. The van der Waals surface area contributed by atoms with Crippen LogP contribution < -0.4 is 9.84 Å². The Balaban J connectivity index is 3.00. The van der Waals surface area contributed by atoms with Gasteiger partial charge in [0.1, 0.15) is 5.75 Å². The number of rotatable bonds is 6. The Kier molecular flexibility index (Phi) is 4.61. The SMILES string of the molecule is CCOC(C)Oc1ccc([N+](=O)[O-])c(C(=O)[O-])c1. The largest absolute Gasteiger partial charge is 0.545 e. The predicted octanol–water partition coefficient (Wildman–Crippen LogP) is 0.720. The lowest BCUT2D eigenvalue weighted by molar-refractivity contribution is -0.385. The molecule has 0 saturated carbocycles. The Labute approximate surface area is 103 Å². The molecule has 1 unspecified atom stereocenters. The Bertz CT molecular complexity index is 459. The van der Waals surface area contributed by atoms with Crippen LogP contribution in [0.1, 0.15) is 24.2 Å². The summed E-state index contributed by atoms with van der Waals surface area (Å²) < 4.78 is 10.3. The zero-order valence-electron chi connectivity index (χ0n) is 9.91. The van der Waals surface area contributed by atoms with Crippen LogP contribution in [0.5, 0.6) is 5.75 Å². The van der Waals surface area contributed by atoms with Crippen LogP contribution in [0.25, 0.3) is 0 Å². The molecular weight excluding hydrogens is 242 g/mol. The summed E-state index contributed by atoms with van der Waals surface area (Å²) in [5.41, 5.74) is -1.06. The third kappa shape index (κ3) is 3.42. The zero-order chi connectivity index (χ0) is 13.7. The first kappa shape index (κ1) is 13.9. The highest BCUT2D eigenvalue weighted by Crippen LogP contribution is 2.24. The molecule has 0 heterocycles. The summed E-state index contributed by atoms with van der Waals surface area (Å²) in [5.74, 6) is -1.46. The van der Waals surface area contributed by atoms with E-state index < -0.39 is 28.4 Å². The zero-order valence-corrected chi connectivity index (χ0v) is 9.91. The summed E-state index contributed by atoms with van der Waals surface area (Å²) in [6.45, 7) is 3.84. The number of aromatic carboxylic acids is 1. The molecule has 1 aromatic rings. The molecule has 0 aliphatic carbocycles. The van der Waals surface area contributed by atoms with Gasteiger partial charge in [0, 0.05) is 12.7 Å². The van der Waals surface area contributed by atoms with Crippen molar-refractivity contribution in [3.05, 3.63) is 33.9 Å². The molecule has 0 saturated heterocycles. The number of carbonyl (C=O) groups is 1. The van der Waals surface area contributed by atoms with Gasteiger partial charge in [-0.05, 0) is 26.0 Å². The Morgan fingerprint density at radius 3 is 2.67 bits per heavy atom. The molecule has 0 aliphatic rings. The Morgan fingerprint density at radius 2 is 2.17 bits per heavy atom. The van der Waals surface area contributed by atoms with Crippen molar-refractivity contribution in [1.29, 1.82) is 0 Å². The van der Waals surface area contributed by atoms with E-state index >= 15 is 0 Å². The molecule has 0 aromatic heterocycles. The molecule has 1 atom stereocenters. The minimum Gasteiger partial charge on any atom is -0.545 e. The average Bonchev–Trinajstić information content (AvgIpc) is 2.28. The lowest BCUT2D eigenvalue weighted by Crippen LogP contribution is -2.24. The monoisotopic (exact) mass is 254 g/mol. The number of benzene rings is 1. The number of nitro groups is 1. The summed E-state index contributed by atoms with van der Waals surface area (Å²) in [5, 5.41) is 21.4. The van der Waals surface area contributed by atoms with Crippen LogP contribution in [0.2, 0.25) is 0 Å². The van der Waals surface area contributed by atoms with E-state index in [1.165, 1.54) is 6.07 Å². The smallest absolute Gasteiger partial charge is 0.278 e. The molecule has 7 heteroatoms. The molecule has 0 radical (unpaired) electrons. The van der Waals surface area contributed by atoms with Crippen molar-refractivity contribution >= 4 is 11.7 Å². The minimum absolute atomic E-state index is 0.167. The molecular formula is C11H12NO6-. The lowest BCUT2D eigenvalue weighted by Gasteiger charge is -2.15. The number of nitrogens with zero attached hydrogens (tertiary/aromatic N) is 1. The molecule has 98 valence electrons. The first-order valence-electron chi connectivity index (χ1n) is 5.23. The van der Waals surface area contributed by atoms with E-state index in [1.54, 1.807) is 13.8 Å². The second-order valence-corrected chi connectivity index (χ2v) is 3.36. The lowest BCUT2D eigenvalue weighted by atomic mass is 10.1. The normalized spacial score (nSPS) is 11.9. The molecule has 1 rings (SSSR count). The summed E-state index contributed by atoms with van der Waals surface area (Å²) in [6, 6.07) is 3.40. The first-order valence-corrected chi connectivity index (χ1v) is 5.23. The fraction of sp³-hybridized carbons (Fsp3) is 0.364. The first-order chi connectivity index (χ1) is 8.45. The minimum atomic E-state index is -1.63. The van der Waals surface area contributed by atoms with Crippen molar-refractivity contribution in [1.82, 2.24) is 0 Å². The Morgan fingerprint density at radius 1 is 1.50 bits per heavy atom. The fourth-order valence-corrected chi connectivity index (χ4v) is 1.37. The highest BCUT2D eigenvalue weighted by molar-refractivity contribution is 5.91. The highest BCUT2D eigenvalue weighted by Gasteiger charge is 2.16. The van der Waals surface area contributed by atoms with Gasteiger partial charge in [-0.3, -0.25) is 10.1 Å². The fourth-order valence-electron chi connectivity index (χ4n) is 1.37. The van der Waals surface area contributed by atoms with Gasteiger partial charge in [0.25, 0.3) is 5.69 Å². The summed E-state index contributed by atoms with van der Waals surface area (Å²) in [7, 11) is 0. The third-order valence-electron chi connectivity index (χ3n) is 2.09. The number of hydrogen-bond donors (Lipinski definition) is 0. The topological polar surface area (TPSA) is 102 Å². The Hall–Kier alpha value is -2.15. The summed E-state index contributed by atoms with van der Waals surface area (Å²) in [4.78, 5) is 20.6. The van der Waals surface area contributed by atoms with Crippen molar-refractivity contribution in [2.75, 3.05) is 6.61 Å². The number of carboxylic acid groups (broad SMARTS) is 1. The van der Waals surface area contributed by atoms with Crippen LogP contribution in [0.4, 0.5) is 5.69 Å². The summed E-state index contributed by atoms with van der Waals surface area (Å²) >= 11 is 0. The van der Waals surface area contributed by atoms with Gasteiger partial charge in [0.05, 0.1) is 16.5 Å². The number of carboxylic acids is 1. The number of hydrogen-bond acceptors (Lipinski definition) is 6. The van der Waals surface area contributed by atoms with Crippen molar-refractivity contribution in [3.63, 3.8) is 0 Å². The maximum absolute atomic E-state index is 10.8. The molecule has 0 fully saturated rings. The second-order valence-electron chi connectivity index (χ2n) is 3.36. The standard InChI is InChI=1S/C11H13NO6/c1-3-17-7(2)18-8-4-5-10(12(15)16)9(6-8)11(13)14/h4-7H,3H2,1-2H3,(H,13,14)/p-1. The van der Waals surface area contributed by atoms with Crippen LogP contribution in [0.15, 0.2) is 18.2 Å². The van der Waals surface area contributed by atoms with Gasteiger partial charge >= 0.3 is 0 Å². The maximum Gasteiger partial charge on any atom is 0.278 e. The van der Waals surface area contributed by atoms with Gasteiger partial charge in [-0.1, -0.05) is 0 Å². The van der Waals surface area contributed by atoms with Gasteiger partial charge in [-0.15, -0.1) is 0 Å². The van der Waals surface area contributed by atoms with Gasteiger partial charge in [0.2, 0.25) is 0 Å². The predicted molar refractivity (Wildman–Crippen MR) is 59.1 cm³/mol. The van der Waals surface area contributed by atoms with Crippen LogP contribution in [-0.2, 0) is 4.74 Å². The van der Waals surface area contributed by atoms with Gasteiger partial charge < -0.3 is 19.4 Å². The van der Waals surface area contributed by atoms with E-state index in [-0.39, 0.29) is 5.75 Å². The van der Waals surface area contributed by atoms with Crippen molar-refractivity contribution in [2.24, 2.45) is 0 Å². The quantitative estimate of drug-likeness (QED) is 0.421. The van der Waals surface area contributed by atoms with Gasteiger partial charge in [-0.25, -0.2) is 0 Å². The highest BCUT2D eigenvalue weighted by atomic mass is 16.7. The summed E-state index contributed by atoms with van der Waals surface area (Å²) in [6.07, 6.45) is -0.578. The third-order valence-corrected chi connectivity index (χ3v) is 2.09. The van der Waals surface area contributed by atoms with E-state index in [9.17, 15) is 20.0 Å². The van der Waals surface area contributed by atoms with Crippen molar-refractivity contribution in [2.45, 2.75) is 20.1 Å². The van der Waals surface area contributed by atoms with E-state index in [1.807, 2.05) is 0 Å². The maximum atomic E-state index is 10.8. The van der Waals surface area contributed by atoms with E-state index in [2.05, 4.69) is 0 Å². The number of ether oxygens (including phenoxy) is 2. The van der Waals surface area contributed by atoms with Crippen LogP contribution in [-0.4, -0.2) is 23.8 Å². The van der Waals surface area contributed by atoms with Crippen LogP contribution in [0.3, 0.4) is 0 Å². The molecule has 1 aromatic carbocycles. The molecule has 7 nitrogen and oxygen atoms in total. The van der Waals surface area contributed by atoms with E-state index in [0.29, 0.717) is 6.61 Å². The van der Waals surface area contributed by atoms with E-state index in [4.69, 9.17) is 9.47 Å².